The second-order valence-corrected chi connectivity index (χ2v) is 4.77. The van der Waals surface area contributed by atoms with E-state index in [-0.39, 0.29) is 5.91 Å². The van der Waals surface area contributed by atoms with Gasteiger partial charge in [-0.3, -0.25) is 4.79 Å². The van der Waals surface area contributed by atoms with Crippen LogP contribution >= 0.6 is 0 Å². The Labute approximate surface area is 124 Å². The van der Waals surface area contributed by atoms with E-state index in [0.29, 0.717) is 18.7 Å². The average molecular weight is 288 g/mol. The quantitative estimate of drug-likeness (QED) is 0.803. The molecule has 0 fully saturated rings. The summed E-state index contributed by atoms with van der Waals surface area (Å²) in [4.78, 5) is 15.1. The van der Waals surface area contributed by atoms with E-state index in [9.17, 15) is 4.79 Å². The fraction of sp³-hybridized carbons (Fsp3) is 0.312. The first-order valence-corrected chi connectivity index (χ1v) is 6.81. The number of carbonyl (C=O) groups is 1. The van der Waals surface area contributed by atoms with Gasteiger partial charge in [0.15, 0.2) is 0 Å². The maximum atomic E-state index is 12.0. The van der Waals surface area contributed by atoms with E-state index < -0.39 is 0 Å². The number of aromatic amines is 1. The Balaban J connectivity index is 1.76. The lowest BCUT2D eigenvalue weighted by molar-refractivity contribution is 0.0946. The van der Waals surface area contributed by atoms with E-state index in [2.05, 4.69) is 10.3 Å². The number of hydrogen-bond donors (Lipinski definition) is 2. The second-order valence-electron chi connectivity index (χ2n) is 4.77. The van der Waals surface area contributed by atoms with E-state index in [1.807, 2.05) is 44.2 Å². The van der Waals surface area contributed by atoms with Gasteiger partial charge in [-0.15, -0.1) is 0 Å². The molecule has 2 aromatic rings. The van der Waals surface area contributed by atoms with Crippen molar-refractivity contribution in [3.63, 3.8) is 0 Å². The third-order valence-corrected chi connectivity index (χ3v) is 3.11. The number of H-pyrrole nitrogens is 1. The molecule has 21 heavy (non-hydrogen) atoms. The molecule has 1 aromatic carbocycles. The van der Waals surface area contributed by atoms with Crippen LogP contribution in [0.4, 0.5) is 0 Å². The van der Waals surface area contributed by atoms with Crippen LogP contribution in [0.1, 0.15) is 21.7 Å². The molecule has 112 valence electrons. The number of ether oxygens (including phenoxy) is 2. The van der Waals surface area contributed by atoms with Crippen molar-refractivity contribution in [3.05, 3.63) is 47.3 Å². The van der Waals surface area contributed by atoms with Crippen molar-refractivity contribution in [2.75, 3.05) is 20.3 Å². The summed E-state index contributed by atoms with van der Waals surface area (Å²) in [5.41, 5.74) is 2.53. The smallest absolute Gasteiger partial charge is 0.253 e. The van der Waals surface area contributed by atoms with Gasteiger partial charge in [0.25, 0.3) is 5.91 Å². The molecule has 5 heteroatoms. The molecule has 0 unspecified atom stereocenters. The third-order valence-electron chi connectivity index (χ3n) is 3.11. The van der Waals surface area contributed by atoms with Crippen molar-refractivity contribution in [1.29, 1.82) is 0 Å². The first kappa shape index (κ1) is 15.0. The predicted molar refractivity (Wildman–Crippen MR) is 81.1 cm³/mol. The van der Waals surface area contributed by atoms with Crippen LogP contribution in [-0.2, 0) is 0 Å². The second kappa shape index (κ2) is 6.83. The molecule has 0 saturated carbocycles. The lowest BCUT2D eigenvalue weighted by Gasteiger charge is -2.08. The fourth-order valence-corrected chi connectivity index (χ4v) is 2.06. The number of nitrogens with one attached hydrogen (secondary N) is 2. The zero-order chi connectivity index (χ0) is 15.2. The largest absolute Gasteiger partial charge is 0.497 e. The Kier molecular flexibility index (Phi) is 4.87. The number of benzene rings is 1. The molecule has 0 atom stereocenters. The zero-order valence-electron chi connectivity index (χ0n) is 12.5. The summed E-state index contributed by atoms with van der Waals surface area (Å²) in [6.45, 7) is 4.68. The van der Waals surface area contributed by atoms with Crippen LogP contribution < -0.4 is 14.8 Å². The summed E-state index contributed by atoms with van der Waals surface area (Å²) in [5, 5.41) is 2.84. The van der Waals surface area contributed by atoms with Gasteiger partial charge in [-0.1, -0.05) is 0 Å². The van der Waals surface area contributed by atoms with Crippen molar-refractivity contribution in [2.45, 2.75) is 13.8 Å². The minimum atomic E-state index is -0.0878. The minimum Gasteiger partial charge on any atom is -0.497 e. The van der Waals surface area contributed by atoms with Gasteiger partial charge >= 0.3 is 0 Å². The molecule has 0 aliphatic carbocycles. The first-order chi connectivity index (χ1) is 10.1. The van der Waals surface area contributed by atoms with Gasteiger partial charge in [0.1, 0.15) is 18.1 Å². The van der Waals surface area contributed by atoms with Crippen molar-refractivity contribution in [1.82, 2.24) is 10.3 Å². The highest BCUT2D eigenvalue weighted by molar-refractivity contribution is 5.95. The number of carbonyl (C=O) groups excluding carboxylic acids is 1. The van der Waals surface area contributed by atoms with Gasteiger partial charge in [-0.25, -0.2) is 0 Å². The van der Waals surface area contributed by atoms with E-state index >= 15 is 0 Å². The van der Waals surface area contributed by atoms with E-state index in [1.54, 1.807) is 7.11 Å². The number of amides is 1. The number of aryl methyl sites for hydroxylation is 2. The molecule has 2 N–H and O–H groups in total. The third kappa shape index (κ3) is 4.02. The summed E-state index contributed by atoms with van der Waals surface area (Å²) < 4.78 is 10.6. The Morgan fingerprint density at radius 2 is 1.86 bits per heavy atom. The van der Waals surface area contributed by atoms with Crippen molar-refractivity contribution in [3.8, 4) is 11.5 Å². The van der Waals surface area contributed by atoms with E-state index in [4.69, 9.17) is 9.47 Å². The standard InChI is InChI=1S/C16H20N2O3/c1-11-10-15(12(2)18-11)16(19)17-8-9-21-14-6-4-13(20-3)5-7-14/h4-7,10,18H,8-9H2,1-3H3,(H,17,19). The van der Waals surface area contributed by atoms with Gasteiger partial charge in [-0.05, 0) is 44.2 Å². The van der Waals surface area contributed by atoms with Crippen LogP contribution in [0, 0.1) is 13.8 Å². The van der Waals surface area contributed by atoms with Gasteiger partial charge in [0.2, 0.25) is 0 Å². The lowest BCUT2D eigenvalue weighted by atomic mass is 10.2. The SMILES string of the molecule is COc1ccc(OCCNC(=O)c2cc(C)[nH]c2C)cc1. The lowest BCUT2D eigenvalue weighted by Crippen LogP contribution is -2.28. The van der Waals surface area contributed by atoms with Gasteiger partial charge in [0, 0.05) is 11.4 Å². The van der Waals surface area contributed by atoms with Crippen molar-refractivity contribution >= 4 is 5.91 Å². The minimum absolute atomic E-state index is 0.0878. The Morgan fingerprint density at radius 1 is 1.19 bits per heavy atom. The summed E-state index contributed by atoms with van der Waals surface area (Å²) in [6.07, 6.45) is 0. The highest BCUT2D eigenvalue weighted by Crippen LogP contribution is 2.16. The Hall–Kier alpha value is -2.43. The molecule has 0 bridgehead atoms. The molecule has 0 radical (unpaired) electrons. The van der Waals surface area contributed by atoms with Crippen LogP contribution in [0.2, 0.25) is 0 Å². The van der Waals surface area contributed by atoms with Crippen LogP contribution in [0.25, 0.3) is 0 Å². The summed E-state index contributed by atoms with van der Waals surface area (Å²) in [6, 6.07) is 9.18. The molecule has 1 amide bonds. The number of rotatable bonds is 6. The van der Waals surface area contributed by atoms with Gasteiger partial charge in [-0.2, -0.15) is 0 Å². The first-order valence-electron chi connectivity index (χ1n) is 6.81. The highest BCUT2D eigenvalue weighted by Gasteiger charge is 2.10. The molecular weight excluding hydrogens is 268 g/mol. The molecule has 0 spiro atoms. The maximum absolute atomic E-state index is 12.0. The van der Waals surface area contributed by atoms with E-state index in [1.165, 1.54) is 0 Å². The van der Waals surface area contributed by atoms with Crippen LogP contribution in [0.15, 0.2) is 30.3 Å². The molecule has 2 rings (SSSR count). The molecule has 1 heterocycles. The predicted octanol–water partition coefficient (Wildman–Crippen LogP) is 2.45. The molecule has 0 aliphatic rings. The van der Waals surface area contributed by atoms with Crippen molar-refractivity contribution in [2.24, 2.45) is 0 Å². The number of methoxy groups -OCH3 is 1. The molecule has 1 aromatic heterocycles. The van der Waals surface area contributed by atoms with Gasteiger partial charge < -0.3 is 19.8 Å². The molecule has 5 nitrogen and oxygen atoms in total. The molecular formula is C16H20N2O3. The van der Waals surface area contributed by atoms with Crippen molar-refractivity contribution < 1.29 is 14.3 Å². The molecule has 0 saturated heterocycles. The Morgan fingerprint density at radius 3 is 2.43 bits per heavy atom. The Bertz CT molecular complexity index is 602. The zero-order valence-corrected chi connectivity index (χ0v) is 12.5. The van der Waals surface area contributed by atoms with Gasteiger partial charge in [0.05, 0.1) is 19.2 Å². The highest BCUT2D eigenvalue weighted by atomic mass is 16.5. The summed E-state index contributed by atoms with van der Waals surface area (Å²) >= 11 is 0. The number of hydrogen-bond acceptors (Lipinski definition) is 3. The summed E-state index contributed by atoms with van der Waals surface area (Å²) in [5.74, 6) is 1.45. The van der Waals surface area contributed by atoms with Crippen LogP contribution in [0.3, 0.4) is 0 Å². The molecule has 0 aliphatic heterocycles. The van der Waals surface area contributed by atoms with E-state index in [0.717, 1.165) is 22.9 Å². The normalized spacial score (nSPS) is 10.2. The van der Waals surface area contributed by atoms with Crippen LogP contribution in [0.5, 0.6) is 11.5 Å². The topological polar surface area (TPSA) is 63.4 Å². The monoisotopic (exact) mass is 288 g/mol. The fourth-order valence-electron chi connectivity index (χ4n) is 2.06. The number of aromatic nitrogens is 1. The maximum Gasteiger partial charge on any atom is 0.253 e. The summed E-state index contributed by atoms with van der Waals surface area (Å²) in [7, 11) is 1.62. The van der Waals surface area contributed by atoms with Crippen LogP contribution in [-0.4, -0.2) is 31.2 Å². The average Bonchev–Trinajstić information content (AvgIpc) is 2.83.